The summed E-state index contributed by atoms with van der Waals surface area (Å²) in [6.07, 6.45) is 6.55. The van der Waals surface area contributed by atoms with Crippen LogP contribution in [-0.2, 0) is 48.1 Å². The predicted molar refractivity (Wildman–Crippen MR) is 284 cm³/mol. The van der Waals surface area contributed by atoms with Crippen LogP contribution in [0.1, 0.15) is 97.1 Å². The molecule has 4 atom stereocenters. The average molecular weight is 1090 g/mol. The number of hydrazine groups is 1. The Morgan fingerprint density at radius 2 is 1.66 bits per heavy atom. The number of nitrogens with one attached hydrogen (secondary N) is 2. The van der Waals surface area contributed by atoms with Crippen molar-refractivity contribution >= 4 is 64.0 Å². The molecule has 4 unspecified atom stereocenters. The third kappa shape index (κ3) is 16.9. The Morgan fingerprint density at radius 3 is 2.28 bits per heavy atom. The molecule has 0 bridgehead atoms. The number of aromatic nitrogens is 2. The van der Waals surface area contributed by atoms with E-state index in [-0.39, 0.29) is 55.2 Å². The van der Waals surface area contributed by atoms with Crippen LogP contribution in [0.4, 0.5) is 0 Å². The van der Waals surface area contributed by atoms with Gasteiger partial charge in [-0.2, -0.15) is 0 Å². The molecule has 71 heavy (non-hydrogen) atoms. The third-order valence-corrected chi connectivity index (χ3v) is 12.3. The normalized spacial score (nSPS) is 15.5. The molecule has 2 aromatic carbocycles. The Balaban J connectivity index is 0.00000156. The van der Waals surface area contributed by atoms with Crippen LogP contribution in [0.25, 0.3) is 33.3 Å². The van der Waals surface area contributed by atoms with Gasteiger partial charge in [0.2, 0.25) is 11.8 Å². The molecule has 2 saturated heterocycles. The number of hydrogen-bond acceptors (Lipinski definition) is 9. The zero-order valence-electron chi connectivity index (χ0n) is 44.3. The van der Waals surface area contributed by atoms with Crippen LogP contribution < -0.4 is 10.7 Å². The van der Waals surface area contributed by atoms with Crippen molar-refractivity contribution in [3.63, 3.8) is 0 Å². The van der Waals surface area contributed by atoms with E-state index in [1.165, 1.54) is 32.9 Å². The van der Waals surface area contributed by atoms with Gasteiger partial charge in [-0.1, -0.05) is 70.4 Å². The number of amides is 4. The molecule has 386 valence electrons. The molecule has 2 aliphatic heterocycles. The molecule has 3 N–H and O–H groups in total. The first-order valence-corrected chi connectivity index (χ1v) is 27.4. The van der Waals surface area contributed by atoms with Gasteiger partial charge in [0.15, 0.2) is 0 Å². The fraction of sp³-hybridized carbons (Fsp3) is 0.527. The maximum absolute atomic E-state index is 14.1. The fourth-order valence-corrected chi connectivity index (χ4v) is 8.84. The monoisotopic (exact) mass is 1080 g/mol. The van der Waals surface area contributed by atoms with Gasteiger partial charge in [-0.05, 0) is 105 Å². The Kier molecular flexibility index (Phi) is 25.9. The van der Waals surface area contributed by atoms with Gasteiger partial charge in [0.05, 0.1) is 36.0 Å². The van der Waals surface area contributed by atoms with Crippen molar-refractivity contribution in [1.82, 2.24) is 40.0 Å². The molecular weight excluding hydrogens is 1010 g/mol. The van der Waals surface area contributed by atoms with E-state index in [0.717, 1.165) is 59.3 Å². The van der Waals surface area contributed by atoms with E-state index in [9.17, 15) is 19.2 Å². The van der Waals surface area contributed by atoms with Crippen molar-refractivity contribution in [2.24, 2.45) is 11.8 Å². The molecular formula is C55H79N8O7Sb. The maximum atomic E-state index is 14.1. The molecule has 15 nitrogen and oxygen atoms in total. The van der Waals surface area contributed by atoms with Crippen LogP contribution in [0, 0.1) is 23.7 Å². The fourth-order valence-electron chi connectivity index (χ4n) is 8.84. The quantitative estimate of drug-likeness (QED) is 0.0639. The molecule has 16 heteroatoms. The number of methoxy groups -OCH3 is 1. The summed E-state index contributed by atoms with van der Waals surface area (Å²) < 4.78 is 8.17. The molecule has 2 aromatic heterocycles. The van der Waals surface area contributed by atoms with Gasteiger partial charge >= 0.3 is 27.9 Å². The number of rotatable bonds is 15. The zero-order chi connectivity index (χ0) is 52.8. The average Bonchev–Trinajstić information content (AvgIpc) is 3.99. The first-order valence-electron chi connectivity index (χ1n) is 24.8. The number of carboxylic acid groups (broad SMARTS) is 1. The molecule has 6 rings (SSSR count). The van der Waals surface area contributed by atoms with Crippen LogP contribution in [0.3, 0.4) is 0 Å². The number of likely N-dealkylation sites (N-methyl/N-ethyl adjacent to an activating group) is 1. The molecule has 4 aromatic rings. The summed E-state index contributed by atoms with van der Waals surface area (Å²) in [7, 11) is 6.67. The van der Waals surface area contributed by atoms with E-state index >= 15 is 0 Å². The van der Waals surface area contributed by atoms with Crippen molar-refractivity contribution in [2.45, 2.75) is 117 Å². The first-order chi connectivity index (χ1) is 34.0. The van der Waals surface area contributed by atoms with Gasteiger partial charge in [-0.15, -0.1) is 0 Å². The summed E-state index contributed by atoms with van der Waals surface area (Å²) in [6, 6.07) is 18.0. The number of fused-ring (bicyclic) bond motifs is 1. The van der Waals surface area contributed by atoms with E-state index in [4.69, 9.17) is 19.6 Å². The summed E-state index contributed by atoms with van der Waals surface area (Å²) >= 11 is 1.75. The van der Waals surface area contributed by atoms with E-state index < -0.39 is 11.9 Å². The predicted octanol–water partition coefficient (Wildman–Crippen LogP) is 7.03. The van der Waals surface area contributed by atoms with Gasteiger partial charge in [0.25, 0.3) is 18.3 Å². The third-order valence-electron chi connectivity index (χ3n) is 12.3. The van der Waals surface area contributed by atoms with Gasteiger partial charge < -0.3 is 29.5 Å². The molecule has 0 spiro atoms. The Bertz CT molecular complexity index is 2420. The summed E-state index contributed by atoms with van der Waals surface area (Å²) in [5, 5.41) is 12.7. The molecule has 0 saturated carbocycles. The van der Waals surface area contributed by atoms with Crippen LogP contribution >= 0.6 is 0 Å². The molecule has 4 amide bonds. The van der Waals surface area contributed by atoms with E-state index in [1.54, 1.807) is 56.3 Å². The van der Waals surface area contributed by atoms with Crippen LogP contribution in [0.5, 0.6) is 0 Å². The van der Waals surface area contributed by atoms with Gasteiger partial charge in [-0.3, -0.25) is 38.9 Å². The number of likely N-dealkylation sites (tertiary alicyclic amines) is 1. The van der Waals surface area contributed by atoms with Crippen molar-refractivity contribution in [1.29, 1.82) is 0 Å². The SMILES string of the molecule is CCC.CCn1c(-c2cccnc2C(C)OC)c(CC(C)C)c2cc(-c3cccc(CC(NC(=O)CN(C)C(=O)C4CCN(C(C)C#CC(=O)N(C)C)C4)C(=O)N4CCCCN4)c3)ccc21.O=CO.[CH3][Sb]. The van der Waals surface area contributed by atoms with Gasteiger partial charge in [0, 0.05) is 90.1 Å². The number of nitrogens with zero attached hydrogens (tertiary/aromatic N) is 6. The standard InChI is InChI=1S/C50H66N8O5.C3H8.CH2O2.CH3.Sb/c1-10-57-44-20-19-38(30-41(44)42(27-33(2)3)48(57)40-17-14-23-51-47(40)35(5)63-9)37-16-13-15-36(28-37)29-43(50(62)58-25-12-11-24-52-58)53-45(59)32-55(8)49(61)39-22-26-56(31-39)34(4)18-21-46(60)54(6)7;1-3-2;2-1-3;;/h13-17,19-20,23,28,30,33-35,39,43,52H,10-12,22,24-27,29,31-32H2,1-9H3,(H,53,59);3H2,1-2H3;1H,(H,2,3);1H3;. The van der Waals surface area contributed by atoms with Crippen LogP contribution in [0.15, 0.2) is 60.8 Å². The minimum absolute atomic E-state index is 0.134. The van der Waals surface area contributed by atoms with Gasteiger partial charge in [0.1, 0.15) is 6.04 Å². The number of ether oxygens (including phenoxy) is 1. The van der Waals surface area contributed by atoms with Crippen molar-refractivity contribution < 1.29 is 33.8 Å². The summed E-state index contributed by atoms with van der Waals surface area (Å²) in [6.45, 7) is 17.7. The van der Waals surface area contributed by atoms with E-state index in [1.807, 2.05) is 38.2 Å². The van der Waals surface area contributed by atoms with Gasteiger partial charge in [-0.25, -0.2) is 5.43 Å². The zero-order valence-corrected chi connectivity index (χ0v) is 46.8. The van der Waals surface area contributed by atoms with Crippen LogP contribution in [-0.4, -0.2) is 161 Å². The Hall–Kier alpha value is -5.26. The molecule has 0 aliphatic carbocycles. The topological polar surface area (TPSA) is 170 Å². The minimum atomic E-state index is -0.849. The van der Waals surface area contributed by atoms with Crippen molar-refractivity contribution in [3.05, 3.63) is 77.6 Å². The van der Waals surface area contributed by atoms with E-state index in [2.05, 4.69) is 108 Å². The molecule has 4 heterocycles. The summed E-state index contributed by atoms with van der Waals surface area (Å²) in [5.74, 6) is 4.78. The summed E-state index contributed by atoms with van der Waals surface area (Å²) in [5.41, 5.74) is 11.8. The number of carbonyl (C=O) groups excluding carboxylic acids is 4. The number of hydrogen-bond donors (Lipinski definition) is 3. The number of pyridine rings is 1. The second kappa shape index (κ2) is 30.6. The molecule has 2 fully saturated rings. The van der Waals surface area contributed by atoms with Crippen LogP contribution in [0.2, 0.25) is 4.87 Å². The second-order valence-corrected chi connectivity index (χ2v) is 18.5. The Morgan fingerprint density at radius 1 is 0.972 bits per heavy atom. The second-order valence-electron chi connectivity index (χ2n) is 18.5. The molecule has 2 radical (unpaired) electrons. The number of carbonyl (C=O) groups is 5. The number of aryl methyl sites for hydroxylation is 1. The number of benzene rings is 2. The molecule has 2 aliphatic rings. The van der Waals surface area contributed by atoms with Crippen molar-refractivity contribution in [2.75, 3.05) is 61.0 Å². The Labute approximate surface area is 436 Å². The van der Waals surface area contributed by atoms with Crippen molar-refractivity contribution in [3.8, 4) is 34.2 Å². The first kappa shape index (κ1) is 60.0. The van der Waals surface area contributed by atoms with E-state index in [0.29, 0.717) is 38.5 Å². The summed E-state index contributed by atoms with van der Waals surface area (Å²) in [4.78, 5) is 73.5.